The van der Waals surface area contributed by atoms with E-state index in [1.165, 1.54) is 16.7 Å². The maximum atomic E-state index is 6.87. The van der Waals surface area contributed by atoms with E-state index in [1.54, 1.807) is 0 Å². The molecule has 0 radical (unpaired) electrons. The molecular weight excluding hydrogens is 829 g/mol. The van der Waals surface area contributed by atoms with Gasteiger partial charge in [-0.1, -0.05) is 106 Å². The monoisotopic (exact) mass is 898 g/mol. The molecule has 354 valence electrons. The summed E-state index contributed by atoms with van der Waals surface area (Å²) in [5.74, 6) is -2.62. The number of hydrogen-bond acceptors (Lipinski definition) is 12. The molecule has 6 saturated heterocycles. The van der Waals surface area contributed by atoms with Crippen LogP contribution in [0.5, 0.6) is 0 Å². The minimum absolute atomic E-state index is 0.328. The lowest BCUT2D eigenvalue weighted by molar-refractivity contribution is -0.236. The summed E-state index contributed by atoms with van der Waals surface area (Å²) in [6.07, 6.45) is 0.247. The fourth-order valence-corrected chi connectivity index (χ4v) is 10.6. The Bertz CT molecular complexity index is 2020. The zero-order valence-corrected chi connectivity index (χ0v) is 39.9. The van der Waals surface area contributed by atoms with Gasteiger partial charge in [-0.2, -0.15) is 0 Å². The Kier molecular flexibility index (Phi) is 13.1. The standard InChI is InChI=1S/C53H70O12/c1-12-32(3)26-53(27-34-22-20-33(13-2)21-23-34,37-18-14-16-35(24-37)28-54-43-41(39-30-56-49(4,5)60-39)58-47-45(43)62-51(8,9)64-47)38-19-15-17-36(25-38)29-55-44-42(40-31-57-50(6,7)61-40)59-48-46(44)63-52(10,11)65-48/h13-25,32,39-48H,2,12,26-31H2,1,3-11H3/t32?,39-,40-,41-,42-,43+,44+,45-,46-,47-,48-/m1/s1. The molecule has 0 N–H and O–H groups in total. The fraction of sp³-hybridized carbons (Fsp3) is 0.623. The van der Waals surface area contributed by atoms with Crippen LogP contribution in [-0.2, 0) is 81.9 Å². The van der Waals surface area contributed by atoms with Crippen LogP contribution in [0.25, 0.3) is 6.08 Å². The van der Waals surface area contributed by atoms with Crippen molar-refractivity contribution in [3.05, 3.63) is 113 Å². The van der Waals surface area contributed by atoms with Gasteiger partial charge in [-0.15, -0.1) is 0 Å². The molecule has 0 spiro atoms. The van der Waals surface area contributed by atoms with Gasteiger partial charge < -0.3 is 56.8 Å². The molecule has 6 aliphatic heterocycles. The van der Waals surface area contributed by atoms with Crippen LogP contribution in [-0.4, -0.2) is 97.8 Å². The minimum Gasteiger partial charge on any atom is -0.368 e. The van der Waals surface area contributed by atoms with Gasteiger partial charge in [0.25, 0.3) is 0 Å². The first-order chi connectivity index (χ1) is 30.8. The first-order valence-electron chi connectivity index (χ1n) is 23.6. The third-order valence-electron chi connectivity index (χ3n) is 13.8. The van der Waals surface area contributed by atoms with Crippen molar-refractivity contribution in [2.24, 2.45) is 5.92 Å². The lowest BCUT2D eigenvalue weighted by atomic mass is 9.65. The van der Waals surface area contributed by atoms with E-state index in [9.17, 15) is 0 Å². The van der Waals surface area contributed by atoms with E-state index in [1.807, 2.05) is 61.5 Å². The van der Waals surface area contributed by atoms with Crippen molar-refractivity contribution < 1.29 is 56.8 Å². The predicted molar refractivity (Wildman–Crippen MR) is 242 cm³/mol. The van der Waals surface area contributed by atoms with Crippen molar-refractivity contribution in [2.45, 2.75) is 192 Å². The second-order valence-corrected chi connectivity index (χ2v) is 20.7. The average Bonchev–Trinajstić information content (AvgIpc) is 4.09. The van der Waals surface area contributed by atoms with Gasteiger partial charge in [0.2, 0.25) is 0 Å². The smallest absolute Gasteiger partial charge is 0.190 e. The Morgan fingerprint density at radius 3 is 1.51 bits per heavy atom. The van der Waals surface area contributed by atoms with E-state index in [4.69, 9.17) is 56.8 Å². The number of benzene rings is 3. The van der Waals surface area contributed by atoms with Crippen LogP contribution < -0.4 is 0 Å². The Morgan fingerprint density at radius 2 is 1.09 bits per heavy atom. The molecule has 3 aromatic carbocycles. The van der Waals surface area contributed by atoms with Gasteiger partial charge in [0.15, 0.2) is 35.7 Å². The van der Waals surface area contributed by atoms with Crippen molar-refractivity contribution >= 4 is 6.08 Å². The molecule has 1 unspecified atom stereocenters. The Morgan fingerprint density at radius 1 is 0.615 bits per heavy atom. The number of ether oxygens (including phenoxy) is 12. The summed E-state index contributed by atoms with van der Waals surface area (Å²) in [6, 6.07) is 26.6. The van der Waals surface area contributed by atoms with Gasteiger partial charge in [-0.25, -0.2) is 0 Å². The molecule has 3 aromatic rings. The zero-order chi connectivity index (χ0) is 45.9. The second-order valence-electron chi connectivity index (χ2n) is 20.7. The zero-order valence-electron chi connectivity index (χ0n) is 39.9. The van der Waals surface area contributed by atoms with E-state index < -0.39 is 77.8 Å². The van der Waals surface area contributed by atoms with E-state index >= 15 is 0 Å². The summed E-state index contributed by atoms with van der Waals surface area (Å²) in [5.41, 5.74) is 6.42. The molecule has 6 aliphatic rings. The Labute approximate surface area is 385 Å². The summed E-state index contributed by atoms with van der Waals surface area (Å²) in [6.45, 7) is 25.4. The van der Waals surface area contributed by atoms with Gasteiger partial charge in [0, 0.05) is 5.41 Å². The molecule has 0 aliphatic carbocycles. The fourth-order valence-electron chi connectivity index (χ4n) is 10.6. The highest BCUT2D eigenvalue weighted by atomic mass is 16.9. The first kappa shape index (κ1) is 47.0. The SMILES string of the molecule is C=Cc1ccc(CC(CC(C)CC)(c2cccc(CO[C@@H]3[C@H]4OC(C)(C)O[C@H]4O[C@@H]3[C@H]3COC(C)(C)O3)c2)c2cccc(CO[C@@H]3[C@H]4OC(C)(C)O[C@H]4O[C@@H]3[C@H]3COC(C)(C)O3)c2)cc1. The molecule has 6 heterocycles. The highest BCUT2D eigenvalue weighted by Gasteiger charge is 2.60. The molecule has 65 heavy (non-hydrogen) atoms. The van der Waals surface area contributed by atoms with Gasteiger partial charge in [-0.3, -0.25) is 0 Å². The average molecular weight is 899 g/mol. The highest BCUT2D eigenvalue weighted by Crippen LogP contribution is 2.46. The molecule has 0 bridgehead atoms. The molecule has 0 saturated carbocycles. The van der Waals surface area contributed by atoms with E-state index in [0.717, 1.165) is 36.0 Å². The number of rotatable bonds is 16. The molecule has 0 amide bonds. The highest BCUT2D eigenvalue weighted by molar-refractivity contribution is 5.49. The molecular formula is C53H70O12. The van der Waals surface area contributed by atoms with Crippen molar-refractivity contribution in [3.8, 4) is 0 Å². The van der Waals surface area contributed by atoms with Gasteiger partial charge >= 0.3 is 0 Å². The predicted octanol–water partition coefficient (Wildman–Crippen LogP) is 9.12. The van der Waals surface area contributed by atoms with E-state index in [0.29, 0.717) is 32.3 Å². The van der Waals surface area contributed by atoms with Crippen molar-refractivity contribution in [1.82, 2.24) is 0 Å². The molecule has 12 nitrogen and oxygen atoms in total. The van der Waals surface area contributed by atoms with Crippen LogP contribution in [0.4, 0.5) is 0 Å². The second kappa shape index (κ2) is 18.1. The number of hydrogen-bond donors (Lipinski definition) is 0. The van der Waals surface area contributed by atoms with Crippen LogP contribution in [0, 0.1) is 5.92 Å². The van der Waals surface area contributed by atoms with E-state index in [-0.39, 0.29) is 12.2 Å². The van der Waals surface area contributed by atoms with Crippen LogP contribution >= 0.6 is 0 Å². The largest absolute Gasteiger partial charge is 0.368 e. The number of fused-ring (bicyclic) bond motifs is 2. The van der Waals surface area contributed by atoms with Crippen LogP contribution in [0.15, 0.2) is 79.4 Å². The van der Waals surface area contributed by atoms with Crippen LogP contribution in [0.3, 0.4) is 0 Å². The molecule has 12 heteroatoms. The molecule has 0 aromatic heterocycles. The summed E-state index contributed by atoms with van der Waals surface area (Å²) in [5, 5.41) is 0. The first-order valence-corrected chi connectivity index (χ1v) is 23.6. The van der Waals surface area contributed by atoms with Gasteiger partial charge in [0.05, 0.1) is 26.4 Å². The topological polar surface area (TPSA) is 111 Å². The summed E-state index contributed by atoms with van der Waals surface area (Å²) >= 11 is 0. The lowest BCUT2D eigenvalue weighted by Crippen LogP contribution is -2.44. The summed E-state index contributed by atoms with van der Waals surface area (Å²) < 4.78 is 76.4. The Balaban J connectivity index is 1.03. The normalized spacial score (nSPS) is 33.6. The van der Waals surface area contributed by atoms with E-state index in [2.05, 4.69) is 93.2 Å². The minimum atomic E-state index is -0.797. The van der Waals surface area contributed by atoms with Crippen molar-refractivity contribution in [2.75, 3.05) is 13.2 Å². The molecule has 11 atom stereocenters. The molecule has 6 fully saturated rings. The van der Waals surface area contributed by atoms with Crippen molar-refractivity contribution in [1.29, 1.82) is 0 Å². The van der Waals surface area contributed by atoms with Gasteiger partial charge in [-0.05, 0) is 108 Å². The van der Waals surface area contributed by atoms with Crippen LogP contribution in [0.2, 0.25) is 0 Å². The Hall–Kier alpha value is -3.08. The van der Waals surface area contributed by atoms with Crippen molar-refractivity contribution in [3.63, 3.8) is 0 Å². The molecule has 9 rings (SSSR count). The van der Waals surface area contributed by atoms with Gasteiger partial charge in [0.1, 0.15) is 48.8 Å². The quantitative estimate of drug-likeness (QED) is 0.137. The maximum Gasteiger partial charge on any atom is 0.190 e. The van der Waals surface area contributed by atoms with Crippen LogP contribution in [0.1, 0.15) is 115 Å². The third-order valence-corrected chi connectivity index (χ3v) is 13.8. The third kappa shape index (κ3) is 10.1. The lowest BCUT2D eigenvalue weighted by Gasteiger charge is -2.38. The summed E-state index contributed by atoms with van der Waals surface area (Å²) in [7, 11) is 0. The summed E-state index contributed by atoms with van der Waals surface area (Å²) in [4.78, 5) is 0. The maximum absolute atomic E-state index is 6.87.